The number of furan rings is 1. The number of aromatic nitrogens is 3. The van der Waals surface area contributed by atoms with E-state index in [0.29, 0.717) is 44.1 Å². The standard InChI is InChI=1S/C28H37N5O3S/c1-4-5-6-14-26(35)32-17-16-31(20-22(32)3)25(34)15-10-19-37-28-30-29-27(24-13-9-18-36-24)33(28)23-12-8-7-11-21(23)2/h7-9,11-13,18,22H,4-6,10,14-17,19-20H2,1-3H3. The van der Waals surface area contributed by atoms with Crippen molar-refractivity contribution in [2.75, 3.05) is 25.4 Å². The summed E-state index contributed by atoms with van der Waals surface area (Å²) in [6, 6.07) is 11.9. The second kappa shape index (κ2) is 12.9. The first-order chi connectivity index (χ1) is 18.0. The van der Waals surface area contributed by atoms with Crippen molar-refractivity contribution in [3.05, 3.63) is 48.2 Å². The van der Waals surface area contributed by atoms with Crippen molar-refractivity contribution >= 4 is 23.6 Å². The summed E-state index contributed by atoms with van der Waals surface area (Å²) in [5, 5.41) is 9.62. The molecule has 198 valence electrons. The van der Waals surface area contributed by atoms with Gasteiger partial charge in [0.1, 0.15) is 0 Å². The Bertz CT molecular complexity index is 1180. The normalized spacial score (nSPS) is 15.8. The van der Waals surface area contributed by atoms with Crippen LogP contribution in [0.15, 0.2) is 52.2 Å². The van der Waals surface area contributed by atoms with Crippen molar-refractivity contribution in [3.63, 3.8) is 0 Å². The van der Waals surface area contributed by atoms with Crippen LogP contribution in [0.1, 0.15) is 57.9 Å². The smallest absolute Gasteiger partial charge is 0.222 e. The van der Waals surface area contributed by atoms with E-state index < -0.39 is 0 Å². The largest absolute Gasteiger partial charge is 0.461 e. The monoisotopic (exact) mass is 523 g/mol. The minimum Gasteiger partial charge on any atom is -0.461 e. The van der Waals surface area contributed by atoms with Gasteiger partial charge in [-0.1, -0.05) is 49.7 Å². The van der Waals surface area contributed by atoms with Gasteiger partial charge in [-0.25, -0.2) is 0 Å². The molecule has 1 aliphatic rings. The lowest BCUT2D eigenvalue weighted by atomic mass is 10.1. The fourth-order valence-corrected chi connectivity index (χ4v) is 5.61. The Labute approximate surface area is 223 Å². The van der Waals surface area contributed by atoms with Gasteiger partial charge in [0.05, 0.1) is 12.0 Å². The zero-order valence-corrected chi connectivity index (χ0v) is 22.9. The first-order valence-electron chi connectivity index (χ1n) is 13.2. The van der Waals surface area contributed by atoms with Crippen molar-refractivity contribution in [2.45, 2.75) is 70.5 Å². The Morgan fingerprint density at radius 2 is 1.84 bits per heavy atom. The number of para-hydroxylation sites is 1. The highest BCUT2D eigenvalue weighted by Crippen LogP contribution is 2.30. The molecule has 3 aromatic rings. The molecule has 37 heavy (non-hydrogen) atoms. The zero-order chi connectivity index (χ0) is 26.2. The molecule has 0 saturated carbocycles. The predicted octanol–water partition coefficient (Wildman–Crippen LogP) is 5.35. The number of amides is 2. The van der Waals surface area contributed by atoms with E-state index in [1.165, 1.54) is 0 Å². The molecule has 3 heterocycles. The van der Waals surface area contributed by atoms with E-state index in [4.69, 9.17) is 4.42 Å². The van der Waals surface area contributed by atoms with E-state index >= 15 is 0 Å². The number of thioether (sulfide) groups is 1. The third-order valence-electron chi connectivity index (χ3n) is 6.79. The maximum Gasteiger partial charge on any atom is 0.222 e. The molecule has 4 rings (SSSR count). The number of benzene rings is 1. The molecular weight excluding hydrogens is 486 g/mol. The van der Waals surface area contributed by atoms with Gasteiger partial charge in [-0.3, -0.25) is 14.2 Å². The summed E-state index contributed by atoms with van der Waals surface area (Å²) in [4.78, 5) is 29.3. The number of hydrogen-bond acceptors (Lipinski definition) is 6. The van der Waals surface area contributed by atoms with Crippen molar-refractivity contribution in [2.24, 2.45) is 0 Å². The lowest BCUT2D eigenvalue weighted by molar-refractivity contribution is -0.142. The number of hydrogen-bond donors (Lipinski definition) is 0. The highest BCUT2D eigenvalue weighted by atomic mass is 32.2. The molecule has 1 atom stereocenters. The molecule has 2 aromatic heterocycles. The van der Waals surface area contributed by atoms with E-state index in [0.717, 1.165) is 47.8 Å². The Kier molecular flexibility index (Phi) is 9.44. The third-order valence-corrected chi connectivity index (χ3v) is 7.81. The summed E-state index contributed by atoms with van der Waals surface area (Å²) in [6.45, 7) is 8.10. The van der Waals surface area contributed by atoms with Crippen molar-refractivity contribution in [3.8, 4) is 17.3 Å². The fourth-order valence-electron chi connectivity index (χ4n) is 4.73. The maximum absolute atomic E-state index is 12.9. The second-order valence-electron chi connectivity index (χ2n) is 9.59. The molecule has 0 bridgehead atoms. The number of carbonyl (C=O) groups is 2. The van der Waals surface area contributed by atoms with E-state index in [-0.39, 0.29) is 17.9 Å². The number of rotatable bonds is 11. The molecule has 1 saturated heterocycles. The van der Waals surface area contributed by atoms with Crippen LogP contribution in [-0.4, -0.2) is 67.8 Å². The SMILES string of the molecule is CCCCCC(=O)N1CCN(C(=O)CCCSc2nnc(-c3ccco3)n2-c2ccccc2C)CC1C. The van der Waals surface area contributed by atoms with Crippen LogP contribution >= 0.6 is 11.8 Å². The van der Waals surface area contributed by atoms with E-state index in [1.54, 1.807) is 18.0 Å². The second-order valence-corrected chi connectivity index (χ2v) is 10.7. The number of nitrogens with zero attached hydrogens (tertiary/aromatic N) is 5. The molecule has 2 amide bonds. The van der Waals surface area contributed by atoms with Crippen LogP contribution in [0.4, 0.5) is 0 Å². The van der Waals surface area contributed by atoms with E-state index in [1.807, 2.05) is 51.6 Å². The number of carbonyl (C=O) groups excluding carboxylic acids is 2. The number of piperazine rings is 1. The lowest BCUT2D eigenvalue weighted by Gasteiger charge is -2.40. The van der Waals surface area contributed by atoms with Gasteiger partial charge >= 0.3 is 0 Å². The van der Waals surface area contributed by atoms with Crippen LogP contribution in [-0.2, 0) is 9.59 Å². The quantitative estimate of drug-likeness (QED) is 0.249. The van der Waals surface area contributed by atoms with Gasteiger partial charge in [-0.05, 0) is 50.5 Å². The van der Waals surface area contributed by atoms with E-state index in [9.17, 15) is 9.59 Å². The molecule has 0 N–H and O–H groups in total. The maximum atomic E-state index is 12.9. The molecule has 0 radical (unpaired) electrons. The van der Waals surface area contributed by atoms with Crippen LogP contribution < -0.4 is 0 Å². The topological polar surface area (TPSA) is 84.5 Å². The van der Waals surface area contributed by atoms with Gasteiger partial charge in [0.25, 0.3) is 0 Å². The van der Waals surface area contributed by atoms with Crippen LogP contribution in [0, 0.1) is 6.92 Å². The molecule has 0 aliphatic carbocycles. The highest BCUT2D eigenvalue weighted by Gasteiger charge is 2.29. The van der Waals surface area contributed by atoms with Crippen molar-refractivity contribution < 1.29 is 14.0 Å². The third kappa shape index (κ3) is 6.63. The number of aryl methyl sites for hydroxylation is 1. The lowest BCUT2D eigenvalue weighted by Crippen LogP contribution is -2.55. The van der Waals surface area contributed by atoms with Crippen molar-refractivity contribution in [1.29, 1.82) is 0 Å². The van der Waals surface area contributed by atoms with Gasteiger partial charge < -0.3 is 14.2 Å². The molecule has 1 aromatic carbocycles. The summed E-state index contributed by atoms with van der Waals surface area (Å²) in [5.74, 6) is 2.45. The summed E-state index contributed by atoms with van der Waals surface area (Å²) < 4.78 is 7.63. The fraction of sp³-hybridized carbons (Fsp3) is 0.500. The van der Waals surface area contributed by atoms with Crippen LogP contribution in [0.5, 0.6) is 0 Å². The first kappa shape index (κ1) is 27.0. The Morgan fingerprint density at radius 3 is 2.57 bits per heavy atom. The van der Waals surface area contributed by atoms with Crippen LogP contribution in [0.2, 0.25) is 0 Å². The van der Waals surface area contributed by atoms with Gasteiger partial charge in [0.15, 0.2) is 10.9 Å². The Balaban J connectivity index is 1.31. The minimum atomic E-state index is 0.0638. The first-order valence-corrected chi connectivity index (χ1v) is 14.2. The summed E-state index contributed by atoms with van der Waals surface area (Å²) in [6.07, 6.45) is 6.60. The Morgan fingerprint density at radius 1 is 1.03 bits per heavy atom. The van der Waals surface area contributed by atoms with Gasteiger partial charge in [-0.2, -0.15) is 0 Å². The molecule has 0 spiro atoms. The average Bonchev–Trinajstić information content (AvgIpc) is 3.57. The molecule has 1 unspecified atom stereocenters. The highest BCUT2D eigenvalue weighted by molar-refractivity contribution is 7.99. The van der Waals surface area contributed by atoms with Gasteiger partial charge in [-0.15, -0.1) is 10.2 Å². The summed E-state index contributed by atoms with van der Waals surface area (Å²) >= 11 is 1.60. The van der Waals surface area contributed by atoms with Crippen molar-refractivity contribution in [1.82, 2.24) is 24.6 Å². The molecule has 9 heteroatoms. The molecule has 1 fully saturated rings. The van der Waals surface area contributed by atoms with E-state index in [2.05, 4.69) is 30.1 Å². The predicted molar refractivity (Wildman–Crippen MR) is 146 cm³/mol. The molecule has 8 nitrogen and oxygen atoms in total. The minimum absolute atomic E-state index is 0.0638. The van der Waals surface area contributed by atoms with Crippen LogP contribution in [0.3, 0.4) is 0 Å². The van der Waals surface area contributed by atoms with Gasteiger partial charge in [0.2, 0.25) is 17.6 Å². The zero-order valence-electron chi connectivity index (χ0n) is 22.1. The average molecular weight is 524 g/mol. The van der Waals surface area contributed by atoms with Gasteiger partial charge in [0, 0.05) is 44.3 Å². The molecule has 1 aliphatic heterocycles. The van der Waals surface area contributed by atoms with Crippen LogP contribution in [0.25, 0.3) is 17.3 Å². The number of unbranched alkanes of at least 4 members (excludes halogenated alkanes) is 2. The Hall–Kier alpha value is -3.07. The summed E-state index contributed by atoms with van der Waals surface area (Å²) in [7, 11) is 0. The summed E-state index contributed by atoms with van der Waals surface area (Å²) in [5.41, 5.74) is 2.12. The molecular formula is C28H37N5O3S.